The van der Waals surface area contributed by atoms with Crippen LogP contribution in [0.4, 0.5) is 0 Å². The smallest absolute Gasteiger partial charge is 0.239 e. The number of halogens is 1. The van der Waals surface area contributed by atoms with Crippen molar-refractivity contribution < 1.29 is 4.79 Å². The Labute approximate surface area is 124 Å². The van der Waals surface area contributed by atoms with Gasteiger partial charge in [-0.25, -0.2) is 0 Å². The van der Waals surface area contributed by atoms with Crippen molar-refractivity contribution in [2.24, 2.45) is 5.92 Å². The van der Waals surface area contributed by atoms with Crippen molar-refractivity contribution in [3.63, 3.8) is 0 Å². The number of hydrogen-bond donors (Lipinski definition) is 1. The van der Waals surface area contributed by atoms with Crippen molar-refractivity contribution in [2.45, 2.75) is 39.3 Å². The molecule has 1 aromatic rings. The largest absolute Gasteiger partial charge is 0.347 e. The summed E-state index contributed by atoms with van der Waals surface area (Å²) in [5, 5.41) is 5.45. The fourth-order valence-electron chi connectivity index (χ4n) is 1.97. The fourth-order valence-corrected chi connectivity index (χ4v) is 2.96. The van der Waals surface area contributed by atoms with Crippen LogP contribution in [0.15, 0.2) is 11.4 Å². The minimum Gasteiger partial charge on any atom is -0.347 e. The molecule has 0 spiro atoms. The first-order chi connectivity index (χ1) is 8.81. The molecule has 0 aliphatic rings. The van der Waals surface area contributed by atoms with E-state index in [2.05, 4.69) is 26.1 Å². The average Bonchev–Trinajstić information content (AvgIpc) is 2.73. The van der Waals surface area contributed by atoms with E-state index in [0.29, 0.717) is 5.92 Å². The van der Waals surface area contributed by atoms with Crippen molar-refractivity contribution in [3.05, 3.63) is 21.3 Å². The Hall–Kier alpha value is -0.580. The molecule has 0 aliphatic heterocycles. The number of carbonyl (C=O) groups is 1. The second-order valence-corrected chi connectivity index (χ2v) is 7.03. The predicted octanol–water partition coefficient (Wildman–Crippen LogP) is 3.56. The third-order valence-electron chi connectivity index (χ3n) is 2.98. The zero-order valence-corrected chi connectivity index (χ0v) is 13.8. The van der Waals surface area contributed by atoms with Crippen LogP contribution in [0.1, 0.15) is 38.8 Å². The second kappa shape index (κ2) is 7.27. The van der Waals surface area contributed by atoms with Crippen LogP contribution in [0.3, 0.4) is 0 Å². The first kappa shape index (κ1) is 16.5. The monoisotopic (exact) mass is 302 g/mol. The van der Waals surface area contributed by atoms with E-state index in [1.807, 2.05) is 11.4 Å². The van der Waals surface area contributed by atoms with E-state index in [9.17, 15) is 4.79 Å². The van der Waals surface area contributed by atoms with Crippen LogP contribution < -0.4 is 5.32 Å². The Kier molecular flexibility index (Phi) is 6.30. The zero-order chi connectivity index (χ0) is 14.6. The number of rotatable bonds is 6. The first-order valence-electron chi connectivity index (χ1n) is 6.52. The van der Waals surface area contributed by atoms with E-state index in [1.54, 1.807) is 19.0 Å². The van der Waals surface area contributed by atoms with Gasteiger partial charge in [0.25, 0.3) is 0 Å². The van der Waals surface area contributed by atoms with Gasteiger partial charge in [0.1, 0.15) is 0 Å². The molecule has 5 heteroatoms. The van der Waals surface area contributed by atoms with Crippen LogP contribution in [0.5, 0.6) is 0 Å². The van der Waals surface area contributed by atoms with Gasteiger partial charge in [-0.05, 0) is 36.3 Å². The minimum absolute atomic E-state index is 0.122. The molecule has 1 aromatic heterocycles. The van der Waals surface area contributed by atoms with Gasteiger partial charge in [0.2, 0.25) is 5.91 Å². The number of thiophene rings is 1. The van der Waals surface area contributed by atoms with Crippen molar-refractivity contribution in [1.82, 2.24) is 10.2 Å². The van der Waals surface area contributed by atoms with Crippen molar-refractivity contribution in [3.8, 4) is 0 Å². The number of amides is 1. The van der Waals surface area contributed by atoms with Crippen LogP contribution in [-0.2, 0) is 4.79 Å². The molecule has 0 fully saturated rings. The predicted molar refractivity (Wildman–Crippen MR) is 82.8 cm³/mol. The number of likely N-dealkylation sites (N-methyl/N-ethyl adjacent to an activating group) is 1. The van der Waals surface area contributed by atoms with E-state index in [0.717, 1.165) is 16.3 Å². The van der Waals surface area contributed by atoms with Gasteiger partial charge in [-0.2, -0.15) is 0 Å². The maximum Gasteiger partial charge on any atom is 0.239 e. The summed E-state index contributed by atoms with van der Waals surface area (Å²) in [7, 11) is 3.59. The highest BCUT2D eigenvalue weighted by Crippen LogP contribution is 2.25. The number of hydrogen-bond acceptors (Lipinski definition) is 3. The molecule has 0 aliphatic carbocycles. The van der Waals surface area contributed by atoms with Crippen molar-refractivity contribution in [2.75, 3.05) is 14.1 Å². The van der Waals surface area contributed by atoms with E-state index in [-0.39, 0.29) is 18.0 Å². The molecule has 2 unspecified atom stereocenters. The summed E-state index contributed by atoms with van der Waals surface area (Å²) in [5.74, 6) is 0.599. The second-order valence-electron chi connectivity index (χ2n) is 5.49. The summed E-state index contributed by atoms with van der Waals surface area (Å²) >= 11 is 7.47. The molecule has 0 saturated heterocycles. The zero-order valence-electron chi connectivity index (χ0n) is 12.2. The standard InChI is InChI=1S/C14H23ClN2OS/c1-9(2)6-12(14(18)17(4)5)16-10(3)11-7-13(15)19-8-11/h7-10,12,16H,6H2,1-5H3. The molecule has 19 heavy (non-hydrogen) atoms. The molecular formula is C14H23ClN2OS. The van der Waals surface area contributed by atoms with Gasteiger partial charge in [0.05, 0.1) is 10.4 Å². The lowest BCUT2D eigenvalue weighted by Crippen LogP contribution is -2.45. The van der Waals surface area contributed by atoms with Gasteiger partial charge in [-0.3, -0.25) is 10.1 Å². The molecule has 108 valence electrons. The topological polar surface area (TPSA) is 32.3 Å². The SMILES string of the molecule is CC(C)CC(NC(C)c1csc(Cl)c1)C(=O)N(C)C. The average molecular weight is 303 g/mol. The summed E-state index contributed by atoms with van der Waals surface area (Å²) in [6.45, 7) is 6.32. The lowest BCUT2D eigenvalue weighted by Gasteiger charge is -2.26. The van der Waals surface area contributed by atoms with Gasteiger partial charge in [0.15, 0.2) is 0 Å². The van der Waals surface area contributed by atoms with E-state index in [4.69, 9.17) is 11.6 Å². The van der Waals surface area contributed by atoms with Crippen molar-refractivity contribution in [1.29, 1.82) is 0 Å². The molecule has 0 saturated carbocycles. The van der Waals surface area contributed by atoms with E-state index in [1.165, 1.54) is 11.3 Å². The molecule has 3 nitrogen and oxygen atoms in total. The quantitative estimate of drug-likeness (QED) is 0.871. The minimum atomic E-state index is -0.149. The van der Waals surface area contributed by atoms with Gasteiger partial charge in [-0.1, -0.05) is 25.4 Å². The highest BCUT2D eigenvalue weighted by Gasteiger charge is 2.23. The molecule has 2 atom stereocenters. The summed E-state index contributed by atoms with van der Waals surface area (Å²) < 4.78 is 0.781. The molecule has 1 N–H and O–H groups in total. The maximum absolute atomic E-state index is 12.2. The number of nitrogens with one attached hydrogen (secondary N) is 1. The fraction of sp³-hybridized carbons (Fsp3) is 0.643. The van der Waals surface area contributed by atoms with Crippen LogP contribution in [0.25, 0.3) is 0 Å². The van der Waals surface area contributed by atoms with E-state index >= 15 is 0 Å². The molecule has 1 amide bonds. The number of nitrogens with zero attached hydrogens (tertiary/aromatic N) is 1. The molecule has 0 aromatic carbocycles. The number of carbonyl (C=O) groups excluding carboxylic acids is 1. The normalized spacial score (nSPS) is 14.5. The van der Waals surface area contributed by atoms with Gasteiger partial charge in [0, 0.05) is 20.1 Å². The Morgan fingerprint density at radius 1 is 1.42 bits per heavy atom. The summed E-state index contributed by atoms with van der Waals surface area (Å²) in [5.41, 5.74) is 1.13. The Morgan fingerprint density at radius 2 is 2.05 bits per heavy atom. The lowest BCUT2D eigenvalue weighted by molar-refractivity contribution is -0.131. The Bertz CT molecular complexity index is 417. The van der Waals surface area contributed by atoms with Crippen molar-refractivity contribution >= 4 is 28.8 Å². The maximum atomic E-state index is 12.2. The summed E-state index contributed by atoms with van der Waals surface area (Å²) in [6, 6.07) is 1.93. The van der Waals surface area contributed by atoms with Crippen LogP contribution in [-0.4, -0.2) is 30.9 Å². The van der Waals surface area contributed by atoms with Crippen LogP contribution in [0.2, 0.25) is 4.34 Å². The molecular weight excluding hydrogens is 280 g/mol. The first-order valence-corrected chi connectivity index (χ1v) is 7.78. The molecule has 0 radical (unpaired) electrons. The third kappa shape index (κ3) is 5.13. The Morgan fingerprint density at radius 3 is 2.47 bits per heavy atom. The van der Waals surface area contributed by atoms with Gasteiger partial charge >= 0.3 is 0 Å². The van der Waals surface area contributed by atoms with Gasteiger partial charge < -0.3 is 4.90 Å². The summed E-state index contributed by atoms with van der Waals surface area (Å²) in [6.07, 6.45) is 0.833. The van der Waals surface area contributed by atoms with Gasteiger partial charge in [-0.15, -0.1) is 11.3 Å². The Balaban J connectivity index is 2.73. The molecule has 1 rings (SSSR count). The van der Waals surface area contributed by atoms with E-state index < -0.39 is 0 Å². The summed E-state index contributed by atoms with van der Waals surface area (Å²) in [4.78, 5) is 13.8. The molecule has 1 heterocycles. The highest BCUT2D eigenvalue weighted by molar-refractivity contribution is 7.14. The lowest BCUT2D eigenvalue weighted by atomic mass is 10.0. The third-order valence-corrected chi connectivity index (χ3v) is 4.09. The van der Waals surface area contributed by atoms with Crippen LogP contribution >= 0.6 is 22.9 Å². The molecule has 0 bridgehead atoms. The van der Waals surface area contributed by atoms with Crippen LogP contribution in [0, 0.1) is 5.92 Å². The highest BCUT2D eigenvalue weighted by atomic mass is 35.5.